The molecule has 0 aliphatic carbocycles. The predicted molar refractivity (Wildman–Crippen MR) is 89.6 cm³/mol. The Bertz CT molecular complexity index is 766. The molecule has 0 saturated carbocycles. The predicted octanol–water partition coefficient (Wildman–Crippen LogP) is 3.92. The SMILES string of the molecule is O=C(C=Cc1ccco1)N(Cc1ccccc1)c1ccccn1. The van der Waals surface area contributed by atoms with Crippen LogP contribution in [0.2, 0.25) is 0 Å². The fourth-order valence-corrected chi connectivity index (χ4v) is 2.18. The minimum Gasteiger partial charge on any atom is -0.465 e. The standard InChI is InChI=1S/C19H16N2O2/c22-19(12-11-17-9-6-14-23-17)21(18-10-4-5-13-20-18)15-16-7-2-1-3-8-16/h1-14H,15H2. The molecule has 23 heavy (non-hydrogen) atoms. The Hall–Kier alpha value is -3.14. The van der Waals surface area contributed by atoms with E-state index in [9.17, 15) is 4.79 Å². The number of rotatable bonds is 5. The number of pyridine rings is 1. The molecule has 0 aliphatic heterocycles. The number of aromatic nitrogens is 1. The molecule has 3 aromatic rings. The number of benzene rings is 1. The van der Waals surface area contributed by atoms with Gasteiger partial charge in [-0.1, -0.05) is 36.4 Å². The highest BCUT2D eigenvalue weighted by atomic mass is 16.3. The maximum absolute atomic E-state index is 12.6. The molecule has 1 aromatic carbocycles. The summed E-state index contributed by atoms with van der Waals surface area (Å²) in [5.41, 5.74) is 1.04. The third kappa shape index (κ3) is 3.95. The van der Waals surface area contributed by atoms with Gasteiger partial charge in [-0.05, 0) is 35.9 Å². The van der Waals surface area contributed by atoms with E-state index in [4.69, 9.17) is 4.42 Å². The molecule has 2 heterocycles. The Kier molecular flexibility index (Phi) is 4.64. The average molecular weight is 304 g/mol. The lowest BCUT2D eigenvalue weighted by Crippen LogP contribution is -2.29. The van der Waals surface area contributed by atoms with E-state index in [1.54, 1.807) is 35.6 Å². The average Bonchev–Trinajstić information content (AvgIpc) is 3.13. The summed E-state index contributed by atoms with van der Waals surface area (Å²) in [6, 6.07) is 18.9. The molecule has 0 fully saturated rings. The highest BCUT2D eigenvalue weighted by Gasteiger charge is 2.14. The van der Waals surface area contributed by atoms with Gasteiger partial charge in [-0.25, -0.2) is 4.98 Å². The van der Waals surface area contributed by atoms with Crippen molar-refractivity contribution in [2.45, 2.75) is 6.54 Å². The number of nitrogens with zero attached hydrogens (tertiary/aromatic N) is 2. The summed E-state index contributed by atoms with van der Waals surface area (Å²) in [4.78, 5) is 18.5. The first-order chi connectivity index (χ1) is 11.3. The van der Waals surface area contributed by atoms with Gasteiger partial charge in [-0.15, -0.1) is 0 Å². The molecule has 3 rings (SSSR count). The topological polar surface area (TPSA) is 46.3 Å². The number of carbonyl (C=O) groups is 1. The number of amides is 1. The molecule has 4 nitrogen and oxygen atoms in total. The van der Waals surface area contributed by atoms with E-state index in [-0.39, 0.29) is 5.91 Å². The Morgan fingerprint density at radius 1 is 1.04 bits per heavy atom. The van der Waals surface area contributed by atoms with Crippen LogP contribution in [0.4, 0.5) is 5.82 Å². The second-order valence-corrected chi connectivity index (χ2v) is 4.95. The summed E-state index contributed by atoms with van der Waals surface area (Å²) in [5, 5.41) is 0. The van der Waals surface area contributed by atoms with E-state index < -0.39 is 0 Å². The van der Waals surface area contributed by atoms with E-state index in [1.807, 2.05) is 48.5 Å². The van der Waals surface area contributed by atoms with E-state index in [0.29, 0.717) is 18.1 Å². The first-order valence-electron chi connectivity index (χ1n) is 7.31. The number of hydrogen-bond donors (Lipinski definition) is 0. The van der Waals surface area contributed by atoms with Crippen LogP contribution in [0, 0.1) is 0 Å². The van der Waals surface area contributed by atoms with Gasteiger partial charge in [0.05, 0.1) is 12.8 Å². The van der Waals surface area contributed by atoms with Gasteiger partial charge in [-0.3, -0.25) is 9.69 Å². The van der Waals surface area contributed by atoms with E-state index >= 15 is 0 Å². The van der Waals surface area contributed by atoms with Crippen LogP contribution >= 0.6 is 0 Å². The van der Waals surface area contributed by atoms with Gasteiger partial charge in [0.1, 0.15) is 11.6 Å². The van der Waals surface area contributed by atoms with Gasteiger partial charge >= 0.3 is 0 Å². The van der Waals surface area contributed by atoms with Crippen LogP contribution in [0.25, 0.3) is 6.08 Å². The van der Waals surface area contributed by atoms with Gasteiger partial charge in [-0.2, -0.15) is 0 Å². The fourth-order valence-electron chi connectivity index (χ4n) is 2.18. The number of hydrogen-bond acceptors (Lipinski definition) is 3. The zero-order valence-electron chi connectivity index (χ0n) is 12.5. The molecule has 0 atom stereocenters. The van der Waals surface area contributed by atoms with Crippen LogP contribution in [0.1, 0.15) is 11.3 Å². The Balaban J connectivity index is 1.84. The maximum Gasteiger partial charge on any atom is 0.252 e. The van der Waals surface area contributed by atoms with Crippen LogP contribution in [-0.4, -0.2) is 10.9 Å². The quantitative estimate of drug-likeness (QED) is 0.671. The van der Waals surface area contributed by atoms with Crippen molar-refractivity contribution in [3.05, 3.63) is 90.5 Å². The van der Waals surface area contributed by atoms with Crippen LogP contribution in [0.3, 0.4) is 0 Å². The molecule has 1 amide bonds. The van der Waals surface area contributed by atoms with Crippen molar-refractivity contribution in [1.82, 2.24) is 4.98 Å². The van der Waals surface area contributed by atoms with Crippen LogP contribution in [-0.2, 0) is 11.3 Å². The van der Waals surface area contributed by atoms with Gasteiger partial charge in [0.2, 0.25) is 0 Å². The van der Waals surface area contributed by atoms with Gasteiger partial charge in [0.25, 0.3) is 5.91 Å². The van der Waals surface area contributed by atoms with Gasteiger partial charge in [0, 0.05) is 12.3 Å². The van der Waals surface area contributed by atoms with Crippen molar-refractivity contribution < 1.29 is 9.21 Å². The Morgan fingerprint density at radius 3 is 2.57 bits per heavy atom. The van der Waals surface area contributed by atoms with Gasteiger partial charge in [0.15, 0.2) is 0 Å². The van der Waals surface area contributed by atoms with Crippen molar-refractivity contribution in [3.63, 3.8) is 0 Å². The summed E-state index contributed by atoms with van der Waals surface area (Å²) in [7, 11) is 0. The van der Waals surface area contributed by atoms with E-state index in [2.05, 4.69) is 4.98 Å². The summed E-state index contributed by atoms with van der Waals surface area (Å²) in [5.74, 6) is 1.11. The molecule has 0 radical (unpaired) electrons. The normalized spacial score (nSPS) is 10.8. The first kappa shape index (κ1) is 14.8. The third-order valence-corrected chi connectivity index (χ3v) is 3.31. The first-order valence-corrected chi connectivity index (χ1v) is 7.31. The van der Waals surface area contributed by atoms with E-state index in [0.717, 1.165) is 5.56 Å². The lowest BCUT2D eigenvalue weighted by molar-refractivity contribution is -0.114. The molecule has 2 aromatic heterocycles. The summed E-state index contributed by atoms with van der Waals surface area (Å²) in [6.07, 6.45) is 6.40. The van der Waals surface area contributed by atoms with Crippen LogP contribution in [0.5, 0.6) is 0 Å². The largest absolute Gasteiger partial charge is 0.465 e. The van der Waals surface area contributed by atoms with Gasteiger partial charge < -0.3 is 4.42 Å². The Morgan fingerprint density at radius 2 is 1.87 bits per heavy atom. The zero-order chi connectivity index (χ0) is 15.9. The molecule has 0 saturated heterocycles. The number of furan rings is 1. The molecular formula is C19H16N2O2. The molecule has 0 aliphatic rings. The van der Waals surface area contributed by atoms with Crippen molar-refractivity contribution >= 4 is 17.8 Å². The number of anilines is 1. The smallest absolute Gasteiger partial charge is 0.252 e. The van der Waals surface area contributed by atoms with E-state index in [1.165, 1.54) is 6.08 Å². The minimum absolute atomic E-state index is 0.149. The monoisotopic (exact) mass is 304 g/mol. The lowest BCUT2D eigenvalue weighted by atomic mass is 10.2. The number of carbonyl (C=O) groups excluding carboxylic acids is 1. The molecule has 4 heteroatoms. The molecule has 0 bridgehead atoms. The van der Waals surface area contributed by atoms with Crippen molar-refractivity contribution in [3.8, 4) is 0 Å². The second kappa shape index (κ2) is 7.22. The second-order valence-electron chi connectivity index (χ2n) is 4.95. The van der Waals surface area contributed by atoms with Crippen LogP contribution in [0.15, 0.2) is 83.6 Å². The fraction of sp³-hybridized carbons (Fsp3) is 0.0526. The van der Waals surface area contributed by atoms with Crippen molar-refractivity contribution in [1.29, 1.82) is 0 Å². The highest BCUT2D eigenvalue weighted by Crippen LogP contribution is 2.15. The molecule has 114 valence electrons. The summed E-state index contributed by atoms with van der Waals surface area (Å²) < 4.78 is 5.21. The van der Waals surface area contributed by atoms with Crippen molar-refractivity contribution in [2.75, 3.05) is 4.90 Å². The molecule has 0 N–H and O–H groups in total. The summed E-state index contributed by atoms with van der Waals surface area (Å²) >= 11 is 0. The zero-order valence-corrected chi connectivity index (χ0v) is 12.5. The third-order valence-electron chi connectivity index (χ3n) is 3.31. The molecular weight excluding hydrogens is 288 g/mol. The highest BCUT2D eigenvalue weighted by molar-refractivity contribution is 6.03. The minimum atomic E-state index is -0.149. The lowest BCUT2D eigenvalue weighted by Gasteiger charge is -2.20. The summed E-state index contributed by atoms with van der Waals surface area (Å²) in [6.45, 7) is 0.458. The maximum atomic E-state index is 12.6. The van der Waals surface area contributed by atoms with Crippen LogP contribution < -0.4 is 4.90 Å². The molecule has 0 unspecified atom stereocenters. The molecule has 0 spiro atoms. The Labute approximate surface area is 134 Å². The van der Waals surface area contributed by atoms with Crippen molar-refractivity contribution in [2.24, 2.45) is 0 Å².